The fraction of sp³-hybridized carbons (Fsp3) is 0.679. The third-order valence-corrected chi connectivity index (χ3v) is 22.7. The topological polar surface area (TPSA) is 370 Å². The molecule has 8 rings (SSSR count). The molecule has 654 valence electrons. The van der Waals surface area contributed by atoms with Crippen molar-refractivity contribution in [2.24, 2.45) is 39.4 Å². The maximum atomic E-state index is 12.2. The summed E-state index contributed by atoms with van der Waals surface area (Å²) < 4.78 is 20.9. The first-order valence-electron chi connectivity index (χ1n) is 38.8. The van der Waals surface area contributed by atoms with Gasteiger partial charge in [-0.1, -0.05) is 121 Å². The van der Waals surface area contributed by atoms with Crippen molar-refractivity contribution in [3.8, 4) is 0 Å². The van der Waals surface area contributed by atoms with Crippen molar-refractivity contribution < 1.29 is 94.8 Å². The number of nitrogens with one attached hydrogen (secondary N) is 1. The van der Waals surface area contributed by atoms with Crippen LogP contribution in [0.1, 0.15) is 272 Å². The summed E-state index contributed by atoms with van der Waals surface area (Å²) in [6, 6.07) is 5.98. The lowest BCUT2D eigenvalue weighted by Gasteiger charge is -2.31. The van der Waals surface area contributed by atoms with Crippen molar-refractivity contribution in [3.05, 3.63) is 60.9 Å². The maximum Gasteiger partial charge on any atom is 0.338 e. The average Bonchev–Trinajstić information content (AvgIpc) is 1.67. The van der Waals surface area contributed by atoms with Crippen LogP contribution in [0.2, 0.25) is 0 Å². The first-order chi connectivity index (χ1) is 52.2. The third-order valence-electron chi connectivity index (χ3n) is 15.8. The Kier molecular flexibility index (Phi) is 42.4. The molecular formula is C84H134N8O20S4. The summed E-state index contributed by atoms with van der Waals surface area (Å²) in [6.45, 7) is 58.1. The second-order valence-electron chi connectivity index (χ2n) is 38.5. The molecule has 2 atom stereocenters. The molecule has 4 fully saturated rings. The van der Waals surface area contributed by atoms with Crippen LogP contribution in [0.15, 0.2) is 65.9 Å². The van der Waals surface area contributed by atoms with Crippen molar-refractivity contribution in [2.45, 2.75) is 308 Å². The van der Waals surface area contributed by atoms with E-state index in [9.17, 15) is 85.1 Å². The van der Waals surface area contributed by atoms with Gasteiger partial charge in [0.15, 0.2) is 9.84 Å². The highest BCUT2D eigenvalue weighted by Crippen LogP contribution is 2.39. The molecule has 0 aromatic carbocycles. The van der Waals surface area contributed by atoms with Crippen LogP contribution in [0.4, 0.5) is 0 Å². The van der Waals surface area contributed by atoms with Gasteiger partial charge in [0.05, 0.1) is 20.8 Å². The minimum Gasteiger partial charge on any atom is -0.351 e. The Morgan fingerprint density at radius 2 is 0.940 bits per heavy atom. The van der Waals surface area contributed by atoms with E-state index in [1.807, 2.05) is 104 Å². The summed E-state index contributed by atoms with van der Waals surface area (Å²) in [7, 11) is 0.733. The molecule has 32 heteroatoms. The number of carbonyl (C=O) groups excluding carboxylic acids is 16. The van der Waals surface area contributed by atoms with E-state index >= 15 is 0 Å². The standard InChI is InChI=1S/C16H24N2O3.C14H18N2O4S.C10H15NO4.C9H13NO4.C9H13NS2.C8H11NO2.C8H16O.C5H12O2S.C5H12/c1-16(2,3)17-15(21)12-6-4-11(5-7-12)10-18-13(19)8-9-14(18)20;1-14(2,3)21-9-8-12(19)16(13(9)20)7-6-15-10(17)4-5-11(15)18;1-6-5-7(12)11(8(6)13)15-9(14)10(2,3)4;1-9(2,3)8(13)14-10-6(11)4-5-7(10)12;1-9(2,3)12-11-8-6-4-5-7-10-8;1-8(2,3)9-6(10)4-5-7(9)11;1-5-7(9)6-8(2,3)4;1-5(2,3)8(4,6)7;1-5(2,3)4/h8-9,11-12H,4-7,10H2,1-3H3,(H,17,21);4-5,9H,6-8H2,1-3H3;6H,5H2,1-4H3;4-5H2,1-3H3;4-7H,1-3H3;4-5H,1-3H3;5-6H2,1-4H3;1-4H3;1-4H3. The molecule has 6 aliphatic heterocycles. The number of hydrogen-bond acceptors (Lipinski definition) is 24. The molecule has 1 aromatic heterocycles. The zero-order valence-corrected chi connectivity index (χ0v) is 78.0. The Hall–Kier alpha value is -7.71. The van der Waals surface area contributed by atoms with Gasteiger partial charge in [0.25, 0.3) is 59.1 Å². The number of Topliss-reactive ketones (excluding diaryl/α,β-unsaturated/α-hetero) is 1. The number of nitrogens with zero attached hydrogens (tertiary/aromatic N) is 7. The van der Waals surface area contributed by atoms with Gasteiger partial charge in [0.1, 0.15) is 10.8 Å². The number of imide groups is 6. The molecule has 3 saturated heterocycles. The van der Waals surface area contributed by atoms with Crippen LogP contribution in [0.25, 0.3) is 0 Å². The number of hydroxylamine groups is 4. The molecular weight excluding hydrogens is 1570 g/mol. The Labute approximate surface area is 702 Å². The molecule has 1 N–H and O–H groups in total. The number of rotatable bonds is 13. The Bertz CT molecular complexity index is 3780. The van der Waals surface area contributed by atoms with Crippen LogP contribution in [-0.2, 0) is 96.2 Å². The van der Waals surface area contributed by atoms with Crippen molar-refractivity contribution in [3.63, 3.8) is 0 Å². The molecule has 116 heavy (non-hydrogen) atoms. The molecule has 1 saturated carbocycles. The Morgan fingerprint density at radius 3 is 1.27 bits per heavy atom. The number of aromatic nitrogens is 1. The smallest absolute Gasteiger partial charge is 0.338 e. The molecule has 7 aliphatic rings. The highest BCUT2D eigenvalue weighted by molar-refractivity contribution is 8.77. The van der Waals surface area contributed by atoms with Crippen molar-refractivity contribution in [2.75, 3.05) is 25.9 Å². The second kappa shape index (κ2) is 45.5. The summed E-state index contributed by atoms with van der Waals surface area (Å²) in [5, 5.41) is 4.87. The Balaban J connectivity index is 0.00000132. The lowest BCUT2D eigenvalue weighted by Crippen LogP contribution is -2.45. The SMILES string of the molecule is CC(C)(C)C.CC(C)(C)C(=O)ON1C(=O)CCC1=O.CC(C)(C)N1C(=O)C=CC1=O.CC(C)(C)NC(=O)C1CCC(CN2C(=O)C=CC2=O)CC1.CC(C)(C)S(C)(=O)=O.CC(C)(C)SC1CC(=O)N(CCN2C(=O)C=CC2=O)C1=O.CC(C)(C)SSc1ccccn1.CC1CC(=O)N(OC(=O)C(C)(C)C)C1=O.CCC(=O)CC(C)(C)C. The van der Waals surface area contributed by atoms with E-state index in [-0.39, 0.29) is 107 Å². The number of hydrogen-bond donors (Lipinski definition) is 1. The van der Waals surface area contributed by atoms with Crippen LogP contribution < -0.4 is 5.32 Å². The first-order valence-corrected chi connectivity index (χ1v) is 43.8. The normalized spacial score (nSPS) is 19.2. The molecule has 7 heterocycles. The molecule has 0 bridgehead atoms. The molecule has 1 aliphatic carbocycles. The zero-order valence-electron chi connectivity index (χ0n) is 74.7. The molecule has 28 nitrogen and oxygen atoms in total. The number of ketones is 1. The van der Waals surface area contributed by atoms with Crippen LogP contribution in [-0.4, -0.2) is 194 Å². The quantitative estimate of drug-likeness (QED) is 0.142. The second-order valence-corrected chi connectivity index (χ2v) is 46.3. The predicted octanol–water partition coefficient (Wildman–Crippen LogP) is 13.3. The predicted molar refractivity (Wildman–Crippen MR) is 453 cm³/mol. The average molecular weight is 1700 g/mol. The summed E-state index contributed by atoms with van der Waals surface area (Å²) in [5.74, 6) is -4.66. The summed E-state index contributed by atoms with van der Waals surface area (Å²) in [6.07, 6.45) is 16.0. The largest absolute Gasteiger partial charge is 0.351 e. The maximum absolute atomic E-state index is 12.2. The summed E-state index contributed by atoms with van der Waals surface area (Å²) in [5.41, 5.74) is -1.38. The van der Waals surface area contributed by atoms with Gasteiger partial charge in [-0.05, 0) is 169 Å². The van der Waals surface area contributed by atoms with E-state index in [0.717, 1.165) is 40.5 Å². The molecule has 2 unspecified atom stereocenters. The van der Waals surface area contributed by atoms with E-state index in [4.69, 9.17) is 9.68 Å². The van der Waals surface area contributed by atoms with E-state index < -0.39 is 84.3 Å². The van der Waals surface area contributed by atoms with Crippen molar-refractivity contribution in [1.82, 2.24) is 40.0 Å². The monoisotopic (exact) mass is 1700 g/mol. The number of carbonyl (C=O) groups is 16. The van der Waals surface area contributed by atoms with Gasteiger partial charge in [-0.3, -0.25) is 86.7 Å². The van der Waals surface area contributed by atoms with Crippen LogP contribution in [0.3, 0.4) is 0 Å². The molecule has 1 aromatic rings. The van der Waals surface area contributed by atoms with Gasteiger partial charge in [0, 0.05) is 139 Å². The van der Waals surface area contributed by atoms with E-state index in [2.05, 4.69) is 79.5 Å². The van der Waals surface area contributed by atoms with Gasteiger partial charge < -0.3 is 15.0 Å². The van der Waals surface area contributed by atoms with Gasteiger partial charge >= 0.3 is 11.9 Å². The number of amides is 13. The molecule has 13 amide bonds. The molecule has 0 radical (unpaired) electrons. The number of pyridine rings is 1. The highest BCUT2D eigenvalue weighted by Gasteiger charge is 2.44. The van der Waals surface area contributed by atoms with Gasteiger partial charge in [-0.2, -0.15) is 0 Å². The Morgan fingerprint density at radius 1 is 0.526 bits per heavy atom. The fourth-order valence-electron chi connectivity index (χ4n) is 9.50. The number of sulfone groups is 1. The minimum absolute atomic E-state index is 0.0506. The number of thioether (sulfide) groups is 1. The minimum atomic E-state index is -2.84. The highest BCUT2D eigenvalue weighted by atomic mass is 33.1. The molecule has 0 spiro atoms. The summed E-state index contributed by atoms with van der Waals surface area (Å²) in [4.78, 5) is 201. The summed E-state index contributed by atoms with van der Waals surface area (Å²) >= 11 is 1.47. The van der Waals surface area contributed by atoms with E-state index in [1.165, 1.54) is 64.3 Å². The van der Waals surface area contributed by atoms with Gasteiger partial charge in [0.2, 0.25) is 17.7 Å². The zero-order chi connectivity index (χ0) is 90.8. The van der Waals surface area contributed by atoms with Crippen LogP contribution in [0.5, 0.6) is 0 Å². The third kappa shape index (κ3) is 43.1. The van der Waals surface area contributed by atoms with Gasteiger partial charge in [-0.25, -0.2) is 23.0 Å². The van der Waals surface area contributed by atoms with Crippen LogP contribution >= 0.6 is 33.3 Å². The van der Waals surface area contributed by atoms with Gasteiger partial charge in [-0.15, -0.1) is 21.9 Å². The van der Waals surface area contributed by atoms with E-state index in [1.54, 1.807) is 80.0 Å². The first kappa shape index (κ1) is 108. The van der Waals surface area contributed by atoms with Crippen molar-refractivity contribution in [1.29, 1.82) is 0 Å². The van der Waals surface area contributed by atoms with E-state index in [0.29, 0.717) is 51.4 Å². The lowest BCUT2D eigenvalue weighted by molar-refractivity contribution is -0.204. The number of likely N-dealkylation sites (tertiary alicyclic amines) is 1. The fourth-order valence-corrected chi connectivity index (χ4v) is 12.7. The lowest BCUT2D eigenvalue weighted by atomic mass is 9.81. The van der Waals surface area contributed by atoms with Crippen LogP contribution in [0, 0.1) is 39.4 Å². The van der Waals surface area contributed by atoms with Crippen molar-refractivity contribution >= 4 is 138 Å².